The molecule has 0 aliphatic carbocycles. The van der Waals surface area contributed by atoms with Crippen LogP contribution in [-0.4, -0.2) is 39.5 Å². The second kappa shape index (κ2) is 8.44. The fraction of sp³-hybridized carbons (Fsp3) is 0.522. The first kappa shape index (κ1) is 21.8. The number of halogens is 1. The Morgan fingerprint density at radius 3 is 2.28 bits per heavy atom. The van der Waals surface area contributed by atoms with E-state index in [1.165, 1.54) is 0 Å². The van der Waals surface area contributed by atoms with Gasteiger partial charge in [0.1, 0.15) is 0 Å². The van der Waals surface area contributed by atoms with Crippen molar-refractivity contribution in [1.82, 2.24) is 4.98 Å². The van der Waals surface area contributed by atoms with E-state index in [9.17, 15) is 0 Å². The van der Waals surface area contributed by atoms with Gasteiger partial charge < -0.3 is 14.2 Å². The lowest BCUT2D eigenvalue weighted by atomic mass is 10.1. The summed E-state index contributed by atoms with van der Waals surface area (Å²) in [6, 6.07) is 9.82. The number of benzene rings is 1. The number of rotatable bonds is 5. The van der Waals surface area contributed by atoms with Crippen LogP contribution in [0.25, 0.3) is 0 Å². The molecule has 2 aromatic rings. The van der Waals surface area contributed by atoms with Gasteiger partial charge in [-0.15, -0.1) is 0 Å². The molecule has 1 aliphatic heterocycles. The van der Waals surface area contributed by atoms with Gasteiger partial charge in [0.2, 0.25) is 0 Å². The molecule has 0 amide bonds. The molecule has 1 aliphatic rings. The molecule has 29 heavy (non-hydrogen) atoms. The minimum atomic E-state index is -1.91. The largest absolute Gasteiger partial charge is 0.412 e. The van der Waals surface area contributed by atoms with Crippen molar-refractivity contribution in [1.29, 1.82) is 0 Å². The van der Waals surface area contributed by atoms with E-state index in [-0.39, 0.29) is 10.9 Å². The number of aromatic nitrogens is 1. The lowest BCUT2D eigenvalue weighted by molar-refractivity contribution is 0.271. The summed E-state index contributed by atoms with van der Waals surface area (Å²) >= 11 is 0. The molecule has 0 radical (unpaired) electrons. The second-order valence-electron chi connectivity index (χ2n) is 9.43. The van der Waals surface area contributed by atoms with Crippen molar-refractivity contribution in [2.45, 2.75) is 52.4 Å². The molecule has 158 valence electrons. The van der Waals surface area contributed by atoms with Crippen LogP contribution in [0.2, 0.25) is 18.1 Å². The van der Waals surface area contributed by atoms with Gasteiger partial charge >= 0.3 is 0 Å². The molecule has 0 N–H and O–H groups in total. The van der Waals surface area contributed by atoms with Crippen LogP contribution in [0.3, 0.4) is 0 Å². The molecule has 2 heterocycles. The predicted molar refractivity (Wildman–Crippen MR) is 122 cm³/mol. The minimum absolute atomic E-state index is 0.113. The summed E-state index contributed by atoms with van der Waals surface area (Å²) in [6.07, 6.45) is 1.92. The molecule has 0 atom stereocenters. The lowest BCUT2D eigenvalue weighted by Crippen LogP contribution is -2.47. The molecule has 6 heteroatoms. The molecular weight excluding hydrogens is 381 g/mol. The van der Waals surface area contributed by atoms with Crippen molar-refractivity contribution >= 4 is 19.7 Å². The Morgan fingerprint density at radius 1 is 1.03 bits per heavy atom. The molecule has 3 rings (SSSR count). The maximum absolute atomic E-state index is 15.3. The molecule has 0 unspecified atom stereocenters. The smallest absolute Gasteiger partial charge is 0.192 e. The van der Waals surface area contributed by atoms with Crippen molar-refractivity contribution in [3.8, 4) is 0 Å². The molecule has 0 spiro atoms. The van der Waals surface area contributed by atoms with Crippen LogP contribution in [-0.2, 0) is 11.0 Å². The average molecular weight is 416 g/mol. The Balaban J connectivity index is 1.66. The van der Waals surface area contributed by atoms with Gasteiger partial charge in [0, 0.05) is 37.4 Å². The Bertz CT molecular complexity index is 825. The standard InChI is InChI=1S/C23H34FN3OSi/c1-18-10-11-20(16-25-18)26-12-14-27(15-13-26)21-9-7-8-19(22(21)24)17-28-29(5,6)23(2,3)4/h7-11,16H,12-15,17H2,1-6H3. The van der Waals surface area contributed by atoms with Gasteiger partial charge in [-0.05, 0) is 43.3 Å². The van der Waals surface area contributed by atoms with Crippen molar-refractivity contribution in [3.63, 3.8) is 0 Å². The van der Waals surface area contributed by atoms with E-state index in [4.69, 9.17) is 4.43 Å². The SMILES string of the molecule is Cc1ccc(N2CCN(c3cccc(CO[Si](C)(C)C(C)(C)C)c3F)CC2)cn1. The number of piperazine rings is 1. The van der Waals surface area contributed by atoms with E-state index < -0.39 is 8.32 Å². The molecular formula is C23H34FN3OSi. The summed E-state index contributed by atoms with van der Waals surface area (Å²) in [7, 11) is -1.91. The summed E-state index contributed by atoms with van der Waals surface area (Å²) in [5.74, 6) is -0.142. The van der Waals surface area contributed by atoms with Crippen LogP contribution in [0.5, 0.6) is 0 Å². The van der Waals surface area contributed by atoms with E-state index in [1.807, 2.05) is 37.4 Å². The third kappa shape index (κ3) is 4.98. The third-order valence-electron chi connectivity index (χ3n) is 6.33. The normalized spacial score (nSPS) is 15.7. The number of nitrogens with zero attached hydrogens (tertiary/aromatic N) is 3. The van der Waals surface area contributed by atoms with Gasteiger partial charge in [0.25, 0.3) is 0 Å². The Kier molecular flexibility index (Phi) is 6.34. The maximum Gasteiger partial charge on any atom is 0.192 e. The molecule has 1 saturated heterocycles. The van der Waals surface area contributed by atoms with E-state index in [2.05, 4.69) is 54.7 Å². The van der Waals surface area contributed by atoms with Gasteiger partial charge in [-0.1, -0.05) is 32.9 Å². The molecule has 0 saturated carbocycles. The summed E-state index contributed by atoms with van der Waals surface area (Å²) in [6.45, 7) is 16.6. The van der Waals surface area contributed by atoms with Crippen LogP contribution in [0, 0.1) is 12.7 Å². The van der Waals surface area contributed by atoms with Gasteiger partial charge in [-0.2, -0.15) is 0 Å². The van der Waals surface area contributed by atoms with E-state index >= 15 is 4.39 Å². The Morgan fingerprint density at radius 2 is 1.69 bits per heavy atom. The highest BCUT2D eigenvalue weighted by Gasteiger charge is 2.37. The number of anilines is 2. The van der Waals surface area contributed by atoms with E-state index in [0.29, 0.717) is 17.9 Å². The van der Waals surface area contributed by atoms with E-state index in [0.717, 1.165) is 37.6 Å². The Hall–Kier alpha value is -1.92. The second-order valence-corrected chi connectivity index (χ2v) is 14.2. The van der Waals surface area contributed by atoms with Crippen LogP contribution in [0.1, 0.15) is 32.0 Å². The van der Waals surface area contributed by atoms with E-state index in [1.54, 1.807) is 0 Å². The number of aryl methyl sites for hydroxylation is 1. The summed E-state index contributed by atoms with van der Waals surface area (Å²) in [5.41, 5.74) is 3.49. The van der Waals surface area contributed by atoms with Gasteiger partial charge in [-0.3, -0.25) is 4.98 Å². The highest BCUT2D eigenvalue weighted by atomic mass is 28.4. The molecule has 4 nitrogen and oxygen atoms in total. The van der Waals surface area contributed by atoms with Crippen molar-refractivity contribution in [3.05, 3.63) is 53.6 Å². The average Bonchev–Trinajstić information content (AvgIpc) is 2.67. The fourth-order valence-corrected chi connectivity index (χ4v) is 4.20. The first-order chi connectivity index (χ1) is 13.6. The lowest BCUT2D eigenvalue weighted by Gasteiger charge is -2.38. The van der Waals surface area contributed by atoms with Gasteiger partial charge in [0.05, 0.1) is 24.2 Å². The summed E-state index contributed by atoms with van der Waals surface area (Å²) in [4.78, 5) is 8.84. The zero-order chi connectivity index (χ0) is 21.2. The van der Waals surface area contributed by atoms with Crippen LogP contribution >= 0.6 is 0 Å². The fourth-order valence-electron chi connectivity index (χ4n) is 3.25. The monoisotopic (exact) mass is 415 g/mol. The first-order valence-electron chi connectivity index (χ1n) is 10.4. The Labute approximate surface area is 175 Å². The molecule has 1 aromatic heterocycles. The van der Waals surface area contributed by atoms with Crippen molar-refractivity contribution < 1.29 is 8.82 Å². The quantitative estimate of drug-likeness (QED) is 0.613. The van der Waals surface area contributed by atoms with Crippen LogP contribution in [0.4, 0.5) is 15.8 Å². The topological polar surface area (TPSA) is 28.6 Å². The summed E-state index contributed by atoms with van der Waals surface area (Å²) in [5, 5.41) is 0.113. The highest BCUT2D eigenvalue weighted by Crippen LogP contribution is 2.37. The number of hydrogen-bond donors (Lipinski definition) is 0. The predicted octanol–water partition coefficient (Wildman–Crippen LogP) is 5.38. The number of pyridine rings is 1. The van der Waals surface area contributed by atoms with Crippen LogP contribution < -0.4 is 9.80 Å². The molecule has 0 bridgehead atoms. The zero-order valence-corrected chi connectivity index (χ0v) is 19.6. The van der Waals surface area contributed by atoms with Gasteiger partial charge in [0.15, 0.2) is 14.1 Å². The number of hydrogen-bond acceptors (Lipinski definition) is 4. The maximum atomic E-state index is 15.3. The first-order valence-corrected chi connectivity index (χ1v) is 13.3. The van der Waals surface area contributed by atoms with Gasteiger partial charge in [-0.25, -0.2) is 4.39 Å². The minimum Gasteiger partial charge on any atom is -0.412 e. The van der Waals surface area contributed by atoms with Crippen molar-refractivity contribution in [2.75, 3.05) is 36.0 Å². The third-order valence-corrected chi connectivity index (χ3v) is 10.8. The van der Waals surface area contributed by atoms with Crippen molar-refractivity contribution in [2.24, 2.45) is 0 Å². The molecule has 1 fully saturated rings. The summed E-state index contributed by atoms with van der Waals surface area (Å²) < 4.78 is 21.5. The highest BCUT2D eigenvalue weighted by molar-refractivity contribution is 6.74. The van der Waals surface area contributed by atoms with Crippen LogP contribution in [0.15, 0.2) is 36.5 Å². The molecule has 1 aromatic carbocycles. The zero-order valence-electron chi connectivity index (χ0n) is 18.6.